The van der Waals surface area contributed by atoms with Gasteiger partial charge >= 0.3 is 0 Å². The zero-order valence-corrected chi connectivity index (χ0v) is 11.7. The van der Waals surface area contributed by atoms with Crippen LogP contribution in [0.2, 0.25) is 0 Å². The summed E-state index contributed by atoms with van der Waals surface area (Å²) in [5.74, 6) is 2.67. The van der Waals surface area contributed by atoms with Gasteiger partial charge in [-0.2, -0.15) is 0 Å². The van der Waals surface area contributed by atoms with Crippen molar-refractivity contribution in [1.82, 2.24) is 9.55 Å². The van der Waals surface area contributed by atoms with E-state index < -0.39 is 0 Å². The normalized spacial score (nSPS) is 16.8. The van der Waals surface area contributed by atoms with Crippen LogP contribution in [0.1, 0.15) is 65.0 Å². The standard InChI is InChI=1S/C14H25N3/c1-9(2)8-11-12(15)17(10-6-7-10)13(16-11)14(3,4)5/h9-10H,6-8,15H2,1-5H3. The van der Waals surface area contributed by atoms with Crippen LogP contribution in [0, 0.1) is 5.92 Å². The lowest BCUT2D eigenvalue weighted by molar-refractivity contribution is 0.503. The van der Waals surface area contributed by atoms with E-state index in [2.05, 4.69) is 39.2 Å². The summed E-state index contributed by atoms with van der Waals surface area (Å²) >= 11 is 0. The zero-order chi connectivity index (χ0) is 12.8. The number of hydrogen-bond acceptors (Lipinski definition) is 2. The van der Waals surface area contributed by atoms with Gasteiger partial charge in [0.15, 0.2) is 0 Å². The van der Waals surface area contributed by atoms with E-state index in [9.17, 15) is 0 Å². The third kappa shape index (κ3) is 2.48. The summed E-state index contributed by atoms with van der Waals surface area (Å²) in [5, 5.41) is 0. The molecule has 0 spiro atoms. The van der Waals surface area contributed by atoms with Crippen LogP contribution >= 0.6 is 0 Å². The molecule has 1 fully saturated rings. The molecular formula is C14H25N3. The summed E-state index contributed by atoms with van der Waals surface area (Å²) in [6, 6.07) is 0.609. The fourth-order valence-corrected chi connectivity index (χ4v) is 2.26. The quantitative estimate of drug-likeness (QED) is 0.873. The van der Waals surface area contributed by atoms with Crippen molar-refractivity contribution >= 4 is 5.82 Å². The first-order valence-corrected chi connectivity index (χ1v) is 6.67. The van der Waals surface area contributed by atoms with Gasteiger partial charge in [0.05, 0.1) is 5.69 Å². The second-order valence-corrected chi connectivity index (χ2v) is 6.72. The molecule has 2 rings (SSSR count). The van der Waals surface area contributed by atoms with Crippen molar-refractivity contribution in [2.75, 3.05) is 5.73 Å². The van der Waals surface area contributed by atoms with Crippen LogP contribution in [-0.4, -0.2) is 9.55 Å². The minimum Gasteiger partial charge on any atom is -0.384 e. The summed E-state index contributed by atoms with van der Waals surface area (Å²) in [7, 11) is 0. The van der Waals surface area contributed by atoms with Gasteiger partial charge in [0.2, 0.25) is 0 Å². The number of hydrogen-bond donors (Lipinski definition) is 1. The second-order valence-electron chi connectivity index (χ2n) is 6.72. The van der Waals surface area contributed by atoms with Crippen LogP contribution in [0.25, 0.3) is 0 Å². The molecule has 0 unspecified atom stereocenters. The second kappa shape index (κ2) is 4.04. The van der Waals surface area contributed by atoms with Gasteiger partial charge in [-0.3, -0.25) is 0 Å². The molecule has 0 amide bonds. The Morgan fingerprint density at radius 3 is 2.35 bits per heavy atom. The Labute approximate surface area is 104 Å². The van der Waals surface area contributed by atoms with Crippen molar-refractivity contribution in [2.45, 2.75) is 65.3 Å². The highest BCUT2D eigenvalue weighted by molar-refractivity contribution is 5.41. The van der Waals surface area contributed by atoms with Gasteiger partial charge in [-0.25, -0.2) is 4.98 Å². The molecule has 1 aliphatic rings. The maximum Gasteiger partial charge on any atom is 0.127 e. The number of anilines is 1. The van der Waals surface area contributed by atoms with E-state index in [-0.39, 0.29) is 5.41 Å². The van der Waals surface area contributed by atoms with Gasteiger partial charge in [0, 0.05) is 11.5 Å². The van der Waals surface area contributed by atoms with Gasteiger partial charge in [0.1, 0.15) is 11.6 Å². The van der Waals surface area contributed by atoms with E-state index in [0.717, 1.165) is 23.8 Å². The predicted octanol–water partition coefficient (Wildman–Crippen LogP) is 3.30. The fraction of sp³-hybridized carbons (Fsp3) is 0.786. The molecule has 0 bridgehead atoms. The number of nitrogens with two attached hydrogens (primary N) is 1. The maximum absolute atomic E-state index is 6.29. The van der Waals surface area contributed by atoms with Gasteiger partial charge in [-0.05, 0) is 25.2 Å². The molecule has 0 aliphatic heterocycles. The third-order valence-electron chi connectivity index (χ3n) is 3.21. The molecule has 0 radical (unpaired) electrons. The lowest BCUT2D eigenvalue weighted by atomic mass is 9.95. The topological polar surface area (TPSA) is 43.8 Å². The van der Waals surface area contributed by atoms with Gasteiger partial charge < -0.3 is 10.3 Å². The molecule has 1 aromatic heterocycles. The van der Waals surface area contributed by atoms with Crippen LogP contribution in [0.3, 0.4) is 0 Å². The molecule has 1 saturated carbocycles. The molecule has 3 heteroatoms. The van der Waals surface area contributed by atoms with Gasteiger partial charge in [-0.1, -0.05) is 34.6 Å². The molecule has 17 heavy (non-hydrogen) atoms. The van der Waals surface area contributed by atoms with Crippen molar-refractivity contribution in [1.29, 1.82) is 0 Å². The minimum atomic E-state index is 0.0753. The lowest BCUT2D eigenvalue weighted by Gasteiger charge is -2.20. The van der Waals surface area contributed by atoms with Crippen LogP contribution in [0.4, 0.5) is 5.82 Å². The Balaban J connectivity index is 2.43. The molecule has 0 saturated heterocycles. The van der Waals surface area contributed by atoms with Crippen molar-refractivity contribution in [3.8, 4) is 0 Å². The molecule has 96 valence electrons. The third-order valence-corrected chi connectivity index (χ3v) is 3.21. The summed E-state index contributed by atoms with van der Waals surface area (Å²) in [4.78, 5) is 4.82. The molecule has 2 N–H and O–H groups in total. The maximum atomic E-state index is 6.29. The van der Waals surface area contributed by atoms with E-state index in [0.29, 0.717) is 12.0 Å². The van der Waals surface area contributed by atoms with E-state index in [4.69, 9.17) is 10.7 Å². The first-order valence-electron chi connectivity index (χ1n) is 6.67. The van der Waals surface area contributed by atoms with Gasteiger partial charge in [0.25, 0.3) is 0 Å². The number of nitrogens with zero attached hydrogens (tertiary/aromatic N) is 2. The first-order chi connectivity index (χ1) is 7.80. The molecule has 0 aromatic carbocycles. The molecule has 1 aromatic rings. The smallest absolute Gasteiger partial charge is 0.127 e. The highest BCUT2D eigenvalue weighted by Crippen LogP contribution is 2.41. The van der Waals surface area contributed by atoms with Crippen molar-refractivity contribution in [2.24, 2.45) is 5.92 Å². The lowest BCUT2D eigenvalue weighted by Crippen LogP contribution is -2.19. The summed E-state index contributed by atoms with van der Waals surface area (Å²) in [5.41, 5.74) is 7.46. The Morgan fingerprint density at radius 1 is 1.35 bits per heavy atom. The van der Waals surface area contributed by atoms with E-state index >= 15 is 0 Å². The minimum absolute atomic E-state index is 0.0753. The number of rotatable bonds is 3. The number of aromatic nitrogens is 2. The number of imidazole rings is 1. The van der Waals surface area contributed by atoms with E-state index in [1.54, 1.807) is 0 Å². The van der Waals surface area contributed by atoms with Crippen molar-refractivity contribution < 1.29 is 0 Å². The SMILES string of the molecule is CC(C)Cc1nc(C(C)(C)C)n(C2CC2)c1N. The van der Waals surface area contributed by atoms with Crippen molar-refractivity contribution in [3.63, 3.8) is 0 Å². The van der Waals surface area contributed by atoms with Crippen LogP contribution < -0.4 is 5.73 Å². The Hall–Kier alpha value is -0.990. The van der Waals surface area contributed by atoms with E-state index in [1.807, 2.05) is 0 Å². The monoisotopic (exact) mass is 235 g/mol. The molecule has 3 nitrogen and oxygen atoms in total. The molecule has 1 aliphatic carbocycles. The van der Waals surface area contributed by atoms with Gasteiger partial charge in [-0.15, -0.1) is 0 Å². The Bertz CT molecular complexity index is 406. The largest absolute Gasteiger partial charge is 0.384 e. The van der Waals surface area contributed by atoms with Crippen LogP contribution in [0.15, 0.2) is 0 Å². The predicted molar refractivity (Wildman–Crippen MR) is 72.2 cm³/mol. The summed E-state index contributed by atoms with van der Waals surface area (Å²) in [6.07, 6.45) is 3.49. The zero-order valence-electron chi connectivity index (χ0n) is 11.7. The Kier molecular flexibility index (Phi) is 2.96. The van der Waals surface area contributed by atoms with Crippen molar-refractivity contribution in [3.05, 3.63) is 11.5 Å². The summed E-state index contributed by atoms with van der Waals surface area (Å²) < 4.78 is 2.29. The molecule has 1 heterocycles. The first kappa shape index (κ1) is 12.5. The summed E-state index contributed by atoms with van der Waals surface area (Å²) in [6.45, 7) is 11.1. The highest BCUT2D eigenvalue weighted by Gasteiger charge is 2.33. The Morgan fingerprint density at radius 2 is 1.94 bits per heavy atom. The average Bonchev–Trinajstić information content (AvgIpc) is 2.92. The average molecular weight is 235 g/mol. The van der Waals surface area contributed by atoms with Crippen LogP contribution in [-0.2, 0) is 11.8 Å². The highest BCUT2D eigenvalue weighted by atomic mass is 15.2. The fourth-order valence-electron chi connectivity index (χ4n) is 2.26. The molecule has 0 atom stereocenters. The van der Waals surface area contributed by atoms with E-state index in [1.165, 1.54) is 12.8 Å². The number of nitrogen functional groups attached to an aromatic ring is 1. The molecular weight excluding hydrogens is 210 g/mol. The van der Waals surface area contributed by atoms with Crippen LogP contribution in [0.5, 0.6) is 0 Å².